The summed E-state index contributed by atoms with van der Waals surface area (Å²) in [6, 6.07) is 7.18. The van der Waals surface area contributed by atoms with Crippen molar-refractivity contribution in [1.29, 1.82) is 0 Å². The molecule has 2 aromatic heterocycles. The Balaban J connectivity index is 2.00. The van der Waals surface area contributed by atoms with Gasteiger partial charge in [0.25, 0.3) is 0 Å². The maximum Gasteiger partial charge on any atom is 0.573 e. The maximum atomic E-state index is 12.2. The Morgan fingerprint density at radius 3 is 2.71 bits per heavy atom. The van der Waals surface area contributed by atoms with E-state index in [-0.39, 0.29) is 5.75 Å². The van der Waals surface area contributed by atoms with Crippen molar-refractivity contribution in [2.75, 3.05) is 5.73 Å². The predicted molar refractivity (Wildman–Crippen MR) is 69.5 cm³/mol. The minimum Gasteiger partial charge on any atom is -0.406 e. The smallest absolute Gasteiger partial charge is 0.406 e. The summed E-state index contributed by atoms with van der Waals surface area (Å²) in [4.78, 5) is 8.24. The molecule has 108 valence electrons. The highest BCUT2D eigenvalue weighted by Gasteiger charge is 2.31. The fourth-order valence-corrected chi connectivity index (χ4v) is 1.88. The van der Waals surface area contributed by atoms with E-state index in [1.807, 2.05) is 0 Å². The van der Waals surface area contributed by atoms with Crippen LogP contribution in [0.2, 0.25) is 0 Å². The fourth-order valence-electron chi connectivity index (χ4n) is 1.88. The van der Waals surface area contributed by atoms with Gasteiger partial charge in [-0.2, -0.15) is 4.98 Å². The van der Waals surface area contributed by atoms with Crippen molar-refractivity contribution < 1.29 is 17.9 Å². The van der Waals surface area contributed by atoms with Gasteiger partial charge in [-0.05, 0) is 18.2 Å². The standard InChI is InChI=1S/C13H9F3N4O/c14-13(15,16)21-9-3-1-2-8(6-9)10-7-20-5-4-11(17)19-12(20)18-10/h1-7H,(H2,17,18,19). The number of imidazole rings is 1. The zero-order valence-corrected chi connectivity index (χ0v) is 10.5. The number of nitrogens with zero attached hydrogens (tertiary/aromatic N) is 3. The molecule has 0 radical (unpaired) electrons. The number of rotatable bonds is 2. The van der Waals surface area contributed by atoms with Crippen LogP contribution in [-0.2, 0) is 0 Å². The summed E-state index contributed by atoms with van der Waals surface area (Å²) in [7, 11) is 0. The number of fused-ring (bicyclic) bond motifs is 1. The molecule has 0 saturated carbocycles. The van der Waals surface area contributed by atoms with Crippen molar-refractivity contribution >= 4 is 11.6 Å². The first-order valence-electron chi connectivity index (χ1n) is 5.88. The van der Waals surface area contributed by atoms with Gasteiger partial charge in [-0.3, -0.25) is 4.40 Å². The zero-order valence-electron chi connectivity index (χ0n) is 10.5. The molecule has 8 heteroatoms. The number of hydrogen-bond donors (Lipinski definition) is 1. The van der Waals surface area contributed by atoms with Gasteiger partial charge in [0.1, 0.15) is 11.6 Å². The van der Waals surface area contributed by atoms with Crippen molar-refractivity contribution in [2.45, 2.75) is 6.36 Å². The summed E-state index contributed by atoms with van der Waals surface area (Å²) in [5.41, 5.74) is 6.52. The van der Waals surface area contributed by atoms with Crippen molar-refractivity contribution in [1.82, 2.24) is 14.4 Å². The molecular formula is C13H9F3N4O. The van der Waals surface area contributed by atoms with E-state index in [0.29, 0.717) is 22.9 Å². The third kappa shape index (κ3) is 2.88. The summed E-state index contributed by atoms with van der Waals surface area (Å²) >= 11 is 0. The average Bonchev–Trinajstić information content (AvgIpc) is 2.80. The van der Waals surface area contributed by atoms with E-state index in [2.05, 4.69) is 14.7 Å². The zero-order chi connectivity index (χ0) is 15.0. The highest BCUT2D eigenvalue weighted by molar-refractivity contribution is 5.63. The van der Waals surface area contributed by atoms with Gasteiger partial charge < -0.3 is 10.5 Å². The first-order chi connectivity index (χ1) is 9.90. The topological polar surface area (TPSA) is 65.4 Å². The molecule has 0 aliphatic heterocycles. The molecule has 0 saturated heterocycles. The largest absolute Gasteiger partial charge is 0.573 e. The van der Waals surface area contributed by atoms with E-state index in [1.165, 1.54) is 18.2 Å². The van der Waals surface area contributed by atoms with E-state index >= 15 is 0 Å². The van der Waals surface area contributed by atoms with Crippen LogP contribution < -0.4 is 10.5 Å². The lowest BCUT2D eigenvalue weighted by molar-refractivity contribution is -0.274. The molecule has 2 heterocycles. The first kappa shape index (κ1) is 13.2. The molecule has 0 unspecified atom stereocenters. The van der Waals surface area contributed by atoms with Crippen LogP contribution in [0.4, 0.5) is 19.0 Å². The molecular weight excluding hydrogens is 285 g/mol. The van der Waals surface area contributed by atoms with Crippen LogP contribution in [0.25, 0.3) is 17.0 Å². The van der Waals surface area contributed by atoms with Crippen molar-refractivity contribution in [3.63, 3.8) is 0 Å². The van der Waals surface area contributed by atoms with E-state index in [9.17, 15) is 13.2 Å². The maximum absolute atomic E-state index is 12.2. The monoisotopic (exact) mass is 294 g/mol. The molecule has 1 aromatic carbocycles. The average molecular weight is 294 g/mol. The summed E-state index contributed by atoms with van der Waals surface area (Å²) < 4.78 is 42.2. The van der Waals surface area contributed by atoms with Gasteiger partial charge in [0.2, 0.25) is 5.78 Å². The summed E-state index contributed by atoms with van der Waals surface area (Å²) in [5.74, 6) is 0.380. The van der Waals surface area contributed by atoms with Crippen molar-refractivity contribution in [3.8, 4) is 17.0 Å². The molecule has 0 amide bonds. The summed E-state index contributed by atoms with van der Waals surface area (Å²) in [6.45, 7) is 0. The van der Waals surface area contributed by atoms with Crippen molar-refractivity contribution in [2.24, 2.45) is 0 Å². The molecule has 2 N–H and O–H groups in total. The van der Waals surface area contributed by atoms with Crippen LogP contribution in [0.3, 0.4) is 0 Å². The van der Waals surface area contributed by atoms with Gasteiger partial charge in [0.05, 0.1) is 5.69 Å². The molecule has 21 heavy (non-hydrogen) atoms. The minimum atomic E-state index is -4.73. The van der Waals surface area contributed by atoms with Crippen molar-refractivity contribution in [3.05, 3.63) is 42.7 Å². The van der Waals surface area contributed by atoms with Gasteiger partial charge in [0.15, 0.2) is 0 Å². The van der Waals surface area contributed by atoms with E-state index in [4.69, 9.17) is 5.73 Å². The van der Waals surface area contributed by atoms with Gasteiger partial charge >= 0.3 is 6.36 Å². The number of aromatic nitrogens is 3. The number of benzene rings is 1. The van der Waals surface area contributed by atoms with Gasteiger partial charge in [0, 0.05) is 18.0 Å². The number of nitrogen functional groups attached to an aromatic ring is 1. The van der Waals surface area contributed by atoms with Crippen LogP contribution in [-0.4, -0.2) is 20.7 Å². The summed E-state index contributed by atoms with van der Waals surface area (Å²) in [5, 5.41) is 0. The van der Waals surface area contributed by atoms with Gasteiger partial charge in [-0.15, -0.1) is 13.2 Å². The molecule has 0 aliphatic rings. The van der Waals surface area contributed by atoms with E-state index in [0.717, 1.165) is 0 Å². The Hall–Kier alpha value is -2.77. The second-order valence-corrected chi connectivity index (χ2v) is 4.26. The second kappa shape index (κ2) is 4.65. The van der Waals surface area contributed by atoms with Gasteiger partial charge in [-0.25, -0.2) is 4.98 Å². The molecule has 3 aromatic rings. The third-order valence-electron chi connectivity index (χ3n) is 2.71. The lowest BCUT2D eigenvalue weighted by Crippen LogP contribution is -2.17. The lowest BCUT2D eigenvalue weighted by atomic mass is 10.1. The van der Waals surface area contributed by atoms with Gasteiger partial charge in [-0.1, -0.05) is 12.1 Å². The predicted octanol–water partition coefficient (Wildman–Crippen LogP) is 2.88. The lowest BCUT2D eigenvalue weighted by Gasteiger charge is -2.09. The SMILES string of the molecule is Nc1ccn2cc(-c3cccc(OC(F)(F)F)c3)nc2n1. The fraction of sp³-hybridized carbons (Fsp3) is 0.0769. The molecule has 0 aliphatic carbocycles. The van der Waals surface area contributed by atoms with Crippen LogP contribution in [0.5, 0.6) is 5.75 Å². The highest BCUT2D eigenvalue weighted by Crippen LogP contribution is 2.27. The number of halogens is 3. The van der Waals surface area contributed by atoms with E-state index < -0.39 is 6.36 Å². The van der Waals surface area contributed by atoms with Crippen LogP contribution in [0.1, 0.15) is 0 Å². The number of ether oxygens (including phenoxy) is 1. The first-order valence-corrected chi connectivity index (χ1v) is 5.88. The Labute approximate surface area is 116 Å². The quantitative estimate of drug-likeness (QED) is 0.789. The number of nitrogens with two attached hydrogens (primary N) is 1. The molecule has 0 atom stereocenters. The van der Waals surface area contributed by atoms with Crippen LogP contribution in [0, 0.1) is 0 Å². The summed E-state index contributed by atoms with van der Waals surface area (Å²) in [6.07, 6.45) is -1.41. The molecule has 0 bridgehead atoms. The molecule has 5 nitrogen and oxygen atoms in total. The molecule has 3 rings (SSSR count). The Morgan fingerprint density at radius 1 is 1.14 bits per heavy atom. The highest BCUT2D eigenvalue weighted by atomic mass is 19.4. The molecule has 0 spiro atoms. The Morgan fingerprint density at radius 2 is 1.95 bits per heavy atom. The van der Waals surface area contributed by atoms with E-state index in [1.54, 1.807) is 28.9 Å². The Kier molecular flexibility index (Phi) is 2.93. The third-order valence-corrected chi connectivity index (χ3v) is 2.71. The van der Waals surface area contributed by atoms with Crippen LogP contribution in [0.15, 0.2) is 42.7 Å². The minimum absolute atomic E-state index is 0.301. The number of anilines is 1. The normalized spacial score (nSPS) is 11.8. The number of alkyl halides is 3. The number of hydrogen-bond acceptors (Lipinski definition) is 4. The Bertz CT molecular complexity index is 797. The molecule has 0 fully saturated rings. The second-order valence-electron chi connectivity index (χ2n) is 4.26. The van der Waals surface area contributed by atoms with Crippen LogP contribution >= 0.6 is 0 Å².